The smallest absolute Gasteiger partial charge is 0.452 e. The van der Waals surface area contributed by atoms with Gasteiger partial charge in [0.2, 0.25) is 0 Å². The van der Waals surface area contributed by atoms with Crippen LogP contribution in [0.4, 0.5) is 29.3 Å². The molecular formula is C25H27ClF3N5O4. The number of carbonyl (C=O) groups is 3. The molecule has 13 heteroatoms. The van der Waals surface area contributed by atoms with E-state index in [1.165, 1.54) is 0 Å². The zero-order valence-electron chi connectivity index (χ0n) is 20.2. The van der Waals surface area contributed by atoms with E-state index in [-0.39, 0.29) is 25.0 Å². The minimum Gasteiger partial charge on any atom is -0.452 e. The molecule has 2 fully saturated rings. The molecule has 2 heterocycles. The summed E-state index contributed by atoms with van der Waals surface area (Å²) < 4.78 is 43.8. The monoisotopic (exact) mass is 553 g/mol. The van der Waals surface area contributed by atoms with E-state index in [1.54, 1.807) is 58.3 Å². The maximum Gasteiger partial charge on any atom is 0.490 e. The van der Waals surface area contributed by atoms with Gasteiger partial charge in [0.25, 0.3) is 5.91 Å². The first-order valence-electron chi connectivity index (χ1n) is 12.0. The minimum absolute atomic E-state index is 0.0230. The molecule has 0 radical (unpaired) electrons. The molecule has 0 aromatic heterocycles. The molecule has 38 heavy (non-hydrogen) atoms. The number of likely N-dealkylation sites (tertiary alicyclic amines) is 1. The summed E-state index contributed by atoms with van der Waals surface area (Å²) in [5.41, 5.74) is 6.69. The molecule has 0 saturated carbocycles. The SMILES string of the molecule is NC(=O)Nc1ccccc1N1CC(NC2CCN(C(=O)c3ccc(Cl)cc3)CC2)C(OC(=O)C(F)(F)F)C1. The van der Waals surface area contributed by atoms with Crippen molar-refractivity contribution in [2.45, 2.75) is 37.2 Å². The van der Waals surface area contributed by atoms with Gasteiger partial charge in [0.1, 0.15) is 6.10 Å². The van der Waals surface area contributed by atoms with Gasteiger partial charge in [-0.3, -0.25) is 4.79 Å². The number of halogens is 4. The summed E-state index contributed by atoms with van der Waals surface area (Å²) in [6.45, 7) is 1.10. The van der Waals surface area contributed by atoms with Gasteiger partial charge in [-0.2, -0.15) is 13.2 Å². The normalized spacial score (nSPS) is 20.3. The number of hydrogen-bond donors (Lipinski definition) is 3. The van der Waals surface area contributed by atoms with Crippen molar-refractivity contribution in [1.29, 1.82) is 0 Å². The van der Waals surface area contributed by atoms with E-state index in [2.05, 4.69) is 10.6 Å². The summed E-state index contributed by atoms with van der Waals surface area (Å²) in [6.07, 6.45) is -5.10. The van der Waals surface area contributed by atoms with Gasteiger partial charge in [0.15, 0.2) is 0 Å². The number of alkyl halides is 3. The number of esters is 1. The molecule has 0 bridgehead atoms. The fourth-order valence-corrected chi connectivity index (χ4v) is 4.90. The molecule has 0 spiro atoms. The van der Waals surface area contributed by atoms with Gasteiger partial charge in [0.05, 0.1) is 24.0 Å². The van der Waals surface area contributed by atoms with Crippen molar-refractivity contribution in [3.63, 3.8) is 0 Å². The van der Waals surface area contributed by atoms with Crippen LogP contribution in [0.1, 0.15) is 23.2 Å². The van der Waals surface area contributed by atoms with Crippen LogP contribution in [-0.2, 0) is 9.53 Å². The Morgan fingerprint density at radius 3 is 2.29 bits per heavy atom. The van der Waals surface area contributed by atoms with E-state index in [4.69, 9.17) is 22.1 Å². The third kappa shape index (κ3) is 6.67. The number of piperidine rings is 1. The second-order valence-corrected chi connectivity index (χ2v) is 9.64. The van der Waals surface area contributed by atoms with Gasteiger partial charge in [-0.05, 0) is 49.2 Å². The Kier molecular flexibility index (Phi) is 8.32. The first-order valence-corrected chi connectivity index (χ1v) is 12.4. The molecule has 2 atom stereocenters. The fourth-order valence-electron chi connectivity index (χ4n) is 4.77. The number of hydrogen-bond acceptors (Lipinski definition) is 6. The highest BCUT2D eigenvalue weighted by Crippen LogP contribution is 2.31. The zero-order valence-corrected chi connectivity index (χ0v) is 21.0. The van der Waals surface area contributed by atoms with E-state index < -0.39 is 30.3 Å². The van der Waals surface area contributed by atoms with E-state index in [9.17, 15) is 27.6 Å². The number of nitrogens with zero attached hydrogens (tertiary/aromatic N) is 2. The van der Waals surface area contributed by atoms with Crippen LogP contribution in [0.2, 0.25) is 5.02 Å². The Hall–Kier alpha value is -3.51. The Morgan fingerprint density at radius 2 is 1.66 bits per heavy atom. The second-order valence-electron chi connectivity index (χ2n) is 9.20. The highest BCUT2D eigenvalue weighted by Gasteiger charge is 2.46. The van der Waals surface area contributed by atoms with Crippen LogP contribution in [0.5, 0.6) is 0 Å². The first-order chi connectivity index (χ1) is 18.0. The van der Waals surface area contributed by atoms with Crippen molar-refractivity contribution < 1.29 is 32.3 Å². The number of para-hydroxylation sites is 2. The van der Waals surface area contributed by atoms with Crippen LogP contribution < -0.4 is 21.3 Å². The van der Waals surface area contributed by atoms with Gasteiger partial charge in [-0.15, -0.1) is 0 Å². The quantitative estimate of drug-likeness (QED) is 0.472. The van der Waals surface area contributed by atoms with Crippen molar-refractivity contribution in [2.24, 2.45) is 5.73 Å². The third-order valence-electron chi connectivity index (χ3n) is 6.58. The topological polar surface area (TPSA) is 117 Å². The average molecular weight is 554 g/mol. The summed E-state index contributed by atoms with van der Waals surface area (Å²) in [5.74, 6) is -2.38. The summed E-state index contributed by atoms with van der Waals surface area (Å²) in [4.78, 5) is 39.3. The Balaban J connectivity index is 1.43. The molecule has 2 aromatic rings. The summed E-state index contributed by atoms with van der Waals surface area (Å²) in [6, 6.07) is 11.8. The molecule has 4 N–H and O–H groups in total. The summed E-state index contributed by atoms with van der Waals surface area (Å²) in [7, 11) is 0. The van der Waals surface area contributed by atoms with Crippen molar-refractivity contribution >= 4 is 40.9 Å². The lowest BCUT2D eigenvalue weighted by Gasteiger charge is -2.34. The van der Waals surface area contributed by atoms with E-state index in [0.717, 1.165) is 0 Å². The van der Waals surface area contributed by atoms with Gasteiger partial charge < -0.3 is 30.9 Å². The van der Waals surface area contributed by atoms with Crippen molar-refractivity contribution in [1.82, 2.24) is 10.2 Å². The molecule has 3 amide bonds. The van der Waals surface area contributed by atoms with Crippen LogP contribution in [0.25, 0.3) is 0 Å². The molecule has 0 aliphatic carbocycles. The maximum absolute atomic E-state index is 13.0. The standard InChI is InChI=1S/C25H27ClF3N5O4/c26-16-7-5-15(6-8-16)22(35)33-11-9-17(10-12-33)31-19-13-34(14-21(19)38-23(36)25(27,28)29)20-4-2-1-3-18(20)32-24(30)37/h1-8,17,19,21,31H,9-14H2,(H3,30,32,37). The second kappa shape index (κ2) is 11.5. The van der Waals surface area contributed by atoms with E-state index in [1.807, 2.05) is 0 Å². The lowest BCUT2D eigenvalue weighted by Crippen LogP contribution is -2.52. The van der Waals surface area contributed by atoms with Gasteiger partial charge in [0, 0.05) is 36.3 Å². The van der Waals surface area contributed by atoms with Crippen LogP contribution >= 0.6 is 11.6 Å². The van der Waals surface area contributed by atoms with Crippen molar-refractivity contribution in [3.8, 4) is 0 Å². The molecule has 2 saturated heterocycles. The highest BCUT2D eigenvalue weighted by atomic mass is 35.5. The summed E-state index contributed by atoms with van der Waals surface area (Å²) in [5, 5.41) is 6.37. The molecule has 2 aromatic carbocycles. The maximum atomic E-state index is 13.0. The predicted octanol–water partition coefficient (Wildman–Crippen LogP) is 3.39. The number of ether oxygens (including phenoxy) is 1. The molecule has 204 valence electrons. The van der Waals surface area contributed by atoms with Crippen LogP contribution in [-0.4, -0.2) is 73.4 Å². The van der Waals surface area contributed by atoms with Crippen LogP contribution in [0.3, 0.4) is 0 Å². The third-order valence-corrected chi connectivity index (χ3v) is 6.83. The van der Waals surface area contributed by atoms with E-state index in [0.29, 0.717) is 47.9 Å². The lowest BCUT2D eigenvalue weighted by atomic mass is 10.0. The number of benzene rings is 2. The number of primary amides is 1. The highest BCUT2D eigenvalue weighted by molar-refractivity contribution is 6.30. The van der Waals surface area contributed by atoms with Gasteiger partial charge in [-0.25, -0.2) is 9.59 Å². The number of urea groups is 1. The van der Waals surface area contributed by atoms with Gasteiger partial charge in [-0.1, -0.05) is 23.7 Å². The van der Waals surface area contributed by atoms with Crippen molar-refractivity contribution in [3.05, 3.63) is 59.1 Å². The Morgan fingerprint density at radius 1 is 1.00 bits per heavy atom. The molecule has 2 aliphatic heterocycles. The minimum atomic E-state index is -5.13. The molecular weight excluding hydrogens is 527 g/mol. The number of nitrogens with two attached hydrogens (primary N) is 1. The first kappa shape index (κ1) is 27.5. The number of nitrogens with one attached hydrogen (secondary N) is 2. The molecule has 2 aliphatic rings. The summed E-state index contributed by atoms with van der Waals surface area (Å²) >= 11 is 5.90. The Labute approximate surface area is 222 Å². The lowest BCUT2D eigenvalue weighted by molar-refractivity contribution is -0.204. The molecule has 2 unspecified atom stereocenters. The fraction of sp³-hybridized carbons (Fsp3) is 0.400. The molecule has 9 nitrogen and oxygen atoms in total. The number of amides is 3. The van der Waals surface area contributed by atoms with E-state index >= 15 is 0 Å². The largest absolute Gasteiger partial charge is 0.490 e. The average Bonchev–Trinajstić information content (AvgIpc) is 3.25. The number of rotatable bonds is 6. The van der Waals surface area contributed by atoms with Crippen LogP contribution in [0.15, 0.2) is 48.5 Å². The van der Waals surface area contributed by atoms with Crippen LogP contribution in [0, 0.1) is 0 Å². The Bertz CT molecular complexity index is 1170. The predicted molar refractivity (Wildman–Crippen MR) is 135 cm³/mol. The zero-order chi connectivity index (χ0) is 27.4. The number of anilines is 2. The van der Waals surface area contributed by atoms with Gasteiger partial charge >= 0.3 is 18.2 Å². The number of carbonyl (C=O) groups excluding carboxylic acids is 3. The molecule has 4 rings (SSSR count). The van der Waals surface area contributed by atoms with Crippen molar-refractivity contribution in [2.75, 3.05) is 36.4 Å².